The van der Waals surface area contributed by atoms with Gasteiger partial charge in [-0.2, -0.15) is 0 Å². The van der Waals surface area contributed by atoms with Crippen molar-refractivity contribution in [2.75, 3.05) is 78.1 Å². The minimum absolute atomic E-state index is 0.00485. The van der Waals surface area contributed by atoms with Crippen molar-refractivity contribution in [2.24, 2.45) is 0 Å². The van der Waals surface area contributed by atoms with E-state index in [4.69, 9.17) is 9.47 Å². The molecule has 2 saturated heterocycles. The first kappa shape index (κ1) is 19.5. The SMILES string of the molecule is CN(C)c1ncnc2c1ncn2[C@H]1CN(CCN2CCOCC2)C[C@@H](CO)O1. The lowest BCUT2D eigenvalue weighted by molar-refractivity contribution is -0.134. The predicted octanol–water partition coefficient (Wildman–Crippen LogP) is -0.584. The highest BCUT2D eigenvalue weighted by Crippen LogP contribution is 2.26. The Morgan fingerprint density at radius 2 is 1.89 bits per heavy atom. The minimum Gasteiger partial charge on any atom is -0.394 e. The monoisotopic (exact) mass is 391 g/mol. The van der Waals surface area contributed by atoms with E-state index in [9.17, 15) is 5.11 Å². The van der Waals surface area contributed by atoms with E-state index in [-0.39, 0.29) is 18.9 Å². The third kappa shape index (κ3) is 4.11. The molecule has 1 N–H and O–H groups in total. The molecule has 28 heavy (non-hydrogen) atoms. The Morgan fingerprint density at radius 1 is 1.11 bits per heavy atom. The fraction of sp³-hybridized carbons (Fsp3) is 0.722. The Morgan fingerprint density at radius 3 is 2.64 bits per heavy atom. The molecule has 2 atom stereocenters. The van der Waals surface area contributed by atoms with Crippen molar-refractivity contribution in [2.45, 2.75) is 12.3 Å². The van der Waals surface area contributed by atoms with Gasteiger partial charge in [0.25, 0.3) is 0 Å². The van der Waals surface area contributed by atoms with Gasteiger partial charge < -0.3 is 19.5 Å². The quantitative estimate of drug-likeness (QED) is 0.694. The molecular formula is C18H29N7O3. The fourth-order valence-electron chi connectivity index (χ4n) is 3.81. The maximum atomic E-state index is 9.74. The molecule has 0 radical (unpaired) electrons. The summed E-state index contributed by atoms with van der Waals surface area (Å²) < 4.78 is 13.5. The molecule has 2 fully saturated rings. The molecule has 0 amide bonds. The van der Waals surface area contributed by atoms with Gasteiger partial charge in [0.05, 0.1) is 32.3 Å². The maximum absolute atomic E-state index is 9.74. The zero-order valence-corrected chi connectivity index (χ0v) is 16.6. The van der Waals surface area contributed by atoms with Crippen molar-refractivity contribution < 1.29 is 14.6 Å². The van der Waals surface area contributed by atoms with Crippen LogP contribution in [-0.2, 0) is 9.47 Å². The van der Waals surface area contributed by atoms with E-state index in [0.29, 0.717) is 0 Å². The van der Waals surface area contributed by atoms with Gasteiger partial charge in [0.1, 0.15) is 12.6 Å². The second kappa shape index (κ2) is 8.66. The Balaban J connectivity index is 1.50. The molecule has 0 aromatic carbocycles. The summed E-state index contributed by atoms with van der Waals surface area (Å²) in [5.74, 6) is 0.780. The minimum atomic E-state index is -0.245. The van der Waals surface area contributed by atoms with E-state index in [1.807, 2.05) is 23.6 Å². The Bertz CT molecular complexity index is 778. The average Bonchev–Trinajstić information content (AvgIpc) is 3.17. The lowest BCUT2D eigenvalue weighted by Gasteiger charge is -2.39. The number of imidazole rings is 1. The molecule has 2 aliphatic rings. The van der Waals surface area contributed by atoms with Crippen molar-refractivity contribution in [1.82, 2.24) is 29.3 Å². The number of fused-ring (bicyclic) bond motifs is 1. The molecule has 4 heterocycles. The standard InChI is InChI=1S/C18H29N7O3/c1-22(2)17-16-18(20-12-19-17)25(13-21-16)15-10-24(9-14(11-26)28-15)4-3-23-5-7-27-8-6-23/h12-15,26H,3-11H2,1-2H3/t14-,15+/m0/s1. The number of aliphatic hydroxyl groups excluding tert-OH is 1. The first-order valence-corrected chi connectivity index (χ1v) is 9.79. The van der Waals surface area contributed by atoms with Gasteiger partial charge in [0.15, 0.2) is 17.0 Å². The molecule has 0 saturated carbocycles. The summed E-state index contributed by atoms with van der Waals surface area (Å²) >= 11 is 0. The third-order valence-corrected chi connectivity index (χ3v) is 5.34. The number of hydrogen-bond donors (Lipinski definition) is 1. The molecule has 0 spiro atoms. The van der Waals surface area contributed by atoms with Crippen LogP contribution in [0.2, 0.25) is 0 Å². The summed E-state index contributed by atoms with van der Waals surface area (Å²) in [5, 5.41) is 9.74. The number of rotatable bonds is 6. The van der Waals surface area contributed by atoms with E-state index in [2.05, 4.69) is 24.8 Å². The summed E-state index contributed by atoms with van der Waals surface area (Å²) in [5.41, 5.74) is 1.50. The fourth-order valence-corrected chi connectivity index (χ4v) is 3.81. The number of anilines is 1. The van der Waals surface area contributed by atoms with Gasteiger partial charge in [-0.3, -0.25) is 14.4 Å². The first-order valence-electron chi connectivity index (χ1n) is 9.79. The van der Waals surface area contributed by atoms with E-state index in [1.54, 1.807) is 12.7 Å². The summed E-state index contributed by atoms with van der Waals surface area (Å²) in [6.45, 7) is 6.94. The molecule has 10 heteroatoms. The van der Waals surface area contributed by atoms with Gasteiger partial charge in [-0.25, -0.2) is 15.0 Å². The topological polar surface area (TPSA) is 92.0 Å². The van der Waals surface area contributed by atoms with Crippen LogP contribution in [0.15, 0.2) is 12.7 Å². The zero-order chi connectivity index (χ0) is 19.5. The van der Waals surface area contributed by atoms with Gasteiger partial charge >= 0.3 is 0 Å². The van der Waals surface area contributed by atoms with Gasteiger partial charge in [-0.1, -0.05) is 0 Å². The molecule has 0 bridgehead atoms. The molecule has 2 aliphatic heterocycles. The summed E-state index contributed by atoms with van der Waals surface area (Å²) in [7, 11) is 3.88. The van der Waals surface area contributed by atoms with Crippen LogP contribution in [0, 0.1) is 0 Å². The summed E-state index contributed by atoms with van der Waals surface area (Å²) in [4.78, 5) is 20.0. The van der Waals surface area contributed by atoms with Crippen LogP contribution in [0.3, 0.4) is 0 Å². The summed E-state index contributed by atoms with van der Waals surface area (Å²) in [6.07, 6.45) is 2.84. The van der Waals surface area contributed by atoms with Crippen molar-refractivity contribution in [3.8, 4) is 0 Å². The van der Waals surface area contributed by atoms with Crippen LogP contribution in [0.5, 0.6) is 0 Å². The number of morpholine rings is 2. The first-order chi connectivity index (χ1) is 13.7. The third-order valence-electron chi connectivity index (χ3n) is 5.34. The van der Waals surface area contributed by atoms with Crippen molar-refractivity contribution in [1.29, 1.82) is 0 Å². The molecule has 4 rings (SSSR count). The van der Waals surface area contributed by atoms with Gasteiger partial charge in [0, 0.05) is 53.4 Å². The van der Waals surface area contributed by atoms with E-state index < -0.39 is 0 Å². The van der Waals surface area contributed by atoms with Crippen LogP contribution in [0.4, 0.5) is 5.82 Å². The van der Waals surface area contributed by atoms with E-state index in [1.165, 1.54) is 0 Å². The van der Waals surface area contributed by atoms with Gasteiger partial charge in [-0.05, 0) is 0 Å². The number of ether oxygens (including phenoxy) is 2. The van der Waals surface area contributed by atoms with E-state index in [0.717, 1.165) is 69.5 Å². The second-order valence-corrected chi connectivity index (χ2v) is 7.52. The molecular weight excluding hydrogens is 362 g/mol. The predicted molar refractivity (Wildman–Crippen MR) is 104 cm³/mol. The molecule has 10 nitrogen and oxygen atoms in total. The lowest BCUT2D eigenvalue weighted by Crippen LogP contribution is -2.50. The number of nitrogens with zero attached hydrogens (tertiary/aromatic N) is 7. The molecule has 0 aliphatic carbocycles. The number of aromatic nitrogens is 4. The summed E-state index contributed by atoms with van der Waals surface area (Å²) in [6, 6.07) is 0. The molecule has 0 unspecified atom stereocenters. The van der Waals surface area contributed by atoms with Crippen LogP contribution < -0.4 is 4.90 Å². The highest BCUT2D eigenvalue weighted by molar-refractivity contribution is 5.83. The van der Waals surface area contributed by atoms with Crippen LogP contribution in [-0.4, -0.2) is 114 Å². The molecule has 2 aromatic rings. The van der Waals surface area contributed by atoms with Crippen LogP contribution >= 0.6 is 0 Å². The highest BCUT2D eigenvalue weighted by Gasteiger charge is 2.30. The Kier molecular flexibility index (Phi) is 6.02. The van der Waals surface area contributed by atoms with Crippen LogP contribution in [0.1, 0.15) is 6.23 Å². The Labute approximate surface area is 164 Å². The van der Waals surface area contributed by atoms with E-state index >= 15 is 0 Å². The van der Waals surface area contributed by atoms with Crippen molar-refractivity contribution in [3.63, 3.8) is 0 Å². The largest absolute Gasteiger partial charge is 0.394 e. The second-order valence-electron chi connectivity index (χ2n) is 7.52. The maximum Gasteiger partial charge on any atom is 0.167 e. The lowest BCUT2D eigenvalue weighted by atomic mass is 10.2. The normalized spacial score (nSPS) is 24.7. The number of hydrogen-bond acceptors (Lipinski definition) is 9. The smallest absolute Gasteiger partial charge is 0.167 e. The Hall–Kier alpha value is -1.85. The number of aliphatic hydroxyl groups is 1. The van der Waals surface area contributed by atoms with Gasteiger partial charge in [-0.15, -0.1) is 0 Å². The highest BCUT2D eigenvalue weighted by atomic mass is 16.5. The molecule has 2 aromatic heterocycles. The van der Waals surface area contributed by atoms with Crippen molar-refractivity contribution >= 4 is 17.0 Å². The molecule has 154 valence electrons. The van der Waals surface area contributed by atoms with Crippen LogP contribution in [0.25, 0.3) is 11.2 Å². The zero-order valence-electron chi connectivity index (χ0n) is 16.6. The van der Waals surface area contributed by atoms with Crippen molar-refractivity contribution in [3.05, 3.63) is 12.7 Å². The van der Waals surface area contributed by atoms with Gasteiger partial charge in [0.2, 0.25) is 0 Å². The average molecular weight is 391 g/mol.